The van der Waals surface area contributed by atoms with E-state index in [1.807, 2.05) is 25.1 Å². The van der Waals surface area contributed by atoms with E-state index in [0.29, 0.717) is 13.0 Å². The molecule has 3 nitrogen and oxygen atoms in total. The fourth-order valence-electron chi connectivity index (χ4n) is 1.07. The van der Waals surface area contributed by atoms with Crippen LogP contribution in [-0.2, 0) is 4.79 Å². The maximum atomic E-state index is 11.2. The van der Waals surface area contributed by atoms with Crippen LogP contribution < -0.4 is 11.1 Å². The second-order valence-electron chi connectivity index (χ2n) is 3.07. The van der Waals surface area contributed by atoms with E-state index in [4.69, 9.17) is 5.73 Å². The fourth-order valence-corrected chi connectivity index (χ4v) is 1.66. The van der Waals surface area contributed by atoms with Crippen LogP contribution in [0.1, 0.15) is 12.0 Å². The molecule has 3 N–H and O–H groups in total. The molecule has 0 aromatic heterocycles. The molecule has 1 aromatic rings. The Morgan fingerprint density at radius 1 is 1.57 bits per heavy atom. The molecule has 0 aliphatic heterocycles. The Labute approximate surface area is 91.8 Å². The summed E-state index contributed by atoms with van der Waals surface area (Å²) in [6.45, 7) is 2.37. The number of benzene rings is 1. The topological polar surface area (TPSA) is 55.1 Å². The van der Waals surface area contributed by atoms with E-state index in [-0.39, 0.29) is 5.91 Å². The molecular formula is C10H13BrN2O. The zero-order valence-electron chi connectivity index (χ0n) is 8.01. The Kier molecular flexibility index (Phi) is 4.10. The van der Waals surface area contributed by atoms with Crippen LogP contribution in [0.4, 0.5) is 5.69 Å². The summed E-state index contributed by atoms with van der Waals surface area (Å²) < 4.78 is 0.892. The average molecular weight is 257 g/mol. The number of rotatable bonds is 3. The molecule has 1 amide bonds. The first-order chi connectivity index (χ1) is 6.63. The van der Waals surface area contributed by atoms with Gasteiger partial charge in [-0.2, -0.15) is 0 Å². The standard InChI is InChI=1S/C10H13BrN2O/c1-7-2-3-9(8(11)6-7)13-10(14)4-5-12/h2-3,6H,4-5,12H2,1H3,(H,13,14). The molecule has 14 heavy (non-hydrogen) atoms. The van der Waals surface area contributed by atoms with E-state index >= 15 is 0 Å². The number of hydrogen-bond donors (Lipinski definition) is 2. The number of nitrogens with two attached hydrogens (primary N) is 1. The van der Waals surface area contributed by atoms with Crippen molar-refractivity contribution in [2.75, 3.05) is 11.9 Å². The van der Waals surface area contributed by atoms with E-state index in [1.165, 1.54) is 0 Å². The van der Waals surface area contributed by atoms with Gasteiger partial charge in [0.2, 0.25) is 5.91 Å². The molecule has 0 fully saturated rings. The first-order valence-corrected chi connectivity index (χ1v) is 5.19. The van der Waals surface area contributed by atoms with Crippen LogP contribution in [0.2, 0.25) is 0 Å². The van der Waals surface area contributed by atoms with Gasteiger partial charge in [0.25, 0.3) is 0 Å². The van der Waals surface area contributed by atoms with E-state index < -0.39 is 0 Å². The van der Waals surface area contributed by atoms with Gasteiger partial charge in [-0.25, -0.2) is 0 Å². The molecule has 0 unspecified atom stereocenters. The van der Waals surface area contributed by atoms with Crippen molar-refractivity contribution in [3.8, 4) is 0 Å². The smallest absolute Gasteiger partial charge is 0.225 e. The fraction of sp³-hybridized carbons (Fsp3) is 0.300. The minimum atomic E-state index is -0.0583. The van der Waals surface area contributed by atoms with Crippen molar-refractivity contribution < 1.29 is 4.79 Å². The molecule has 0 aliphatic carbocycles. The van der Waals surface area contributed by atoms with Gasteiger partial charge >= 0.3 is 0 Å². The molecule has 0 spiro atoms. The van der Waals surface area contributed by atoms with Crippen molar-refractivity contribution in [3.63, 3.8) is 0 Å². The molecule has 0 atom stereocenters. The van der Waals surface area contributed by atoms with E-state index in [2.05, 4.69) is 21.2 Å². The lowest BCUT2D eigenvalue weighted by Gasteiger charge is -2.07. The number of hydrogen-bond acceptors (Lipinski definition) is 2. The van der Waals surface area contributed by atoms with E-state index in [1.54, 1.807) is 0 Å². The van der Waals surface area contributed by atoms with Crippen LogP contribution in [0.5, 0.6) is 0 Å². The number of halogens is 1. The van der Waals surface area contributed by atoms with E-state index in [0.717, 1.165) is 15.7 Å². The monoisotopic (exact) mass is 256 g/mol. The zero-order chi connectivity index (χ0) is 10.6. The lowest BCUT2D eigenvalue weighted by atomic mass is 10.2. The summed E-state index contributed by atoms with van der Waals surface area (Å²) in [5.74, 6) is -0.0583. The normalized spacial score (nSPS) is 9.93. The predicted octanol–water partition coefficient (Wildman–Crippen LogP) is 2.04. The van der Waals surface area contributed by atoms with Crippen LogP contribution in [0.15, 0.2) is 22.7 Å². The van der Waals surface area contributed by atoms with Gasteiger partial charge < -0.3 is 11.1 Å². The highest BCUT2D eigenvalue weighted by Gasteiger charge is 2.03. The molecular weight excluding hydrogens is 244 g/mol. The zero-order valence-corrected chi connectivity index (χ0v) is 9.60. The summed E-state index contributed by atoms with van der Waals surface area (Å²) in [7, 11) is 0. The summed E-state index contributed by atoms with van der Waals surface area (Å²) in [5.41, 5.74) is 7.21. The Morgan fingerprint density at radius 3 is 2.86 bits per heavy atom. The van der Waals surface area contributed by atoms with Crippen LogP contribution in [-0.4, -0.2) is 12.5 Å². The van der Waals surface area contributed by atoms with Gasteiger partial charge in [0.05, 0.1) is 5.69 Å². The van der Waals surface area contributed by atoms with Gasteiger partial charge in [-0.05, 0) is 40.5 Å². The minimum absolute atomic E-state index is 0.0583. The quantitative estimate of drug-likeness (QED) is 0.870. The third kappa shape index (κ3) is 3.12. The first-order valence-electron chi connectivity index (χ1n) is 4.39. The highest BCUT2D eigenvalue weighted by atomic mass is 79.9. The largest absolute Gasteiger partial charge is 0.330 e. The lowest BCUT2D eigenvalue weighted by Crippen LogP contribution is -2.16. The van der Waals surface area contributed by atoms with Gasteiger partial charge in [0.15, 0.2) is 0 Å². The van der Waals surface area contributed by atoms with Gasteiger partial charge in [-0.15, -0.1) is 0 Å². The molecule has 1 aromatic carbocycles. The number of carbonyl (C=O) groups is 1. The number of nitrogens with one attached hydrogen (secondary N) is 1. The first kappa shape index (κ1) is 11.2. The molecule has 76 valence electrons. The Balaban J connectivity index is 2.72. The third-order valence-electron chi connectivity index (χ3n) is 1.77. The molecule has 0 saturated carbocycles. The molecule has 4 heteroatoms. The lowest BCUT2D eigenvalue weighted by molar-refractivity contribution is -0.116. The molecule has 0 aliphatic rings. The molecule has 0 radical (unpaired) electrons. The van der Waals surface area contributed by atoms with E-state index in [9.17, 15) is 4.79 Å². The van der Waals surface area contributed by atoms with Crippen molar-refractivity contribution in [1.82, 2.24) is 0 Å². The SMILES string of the molecule is Cc1ccc(NC(=O)CCN)c(Br)c1. The van der Waals surface area contributed by atoms with Crippen molar-refractivity contribution >= 4 is 27.5 Å². The second kappa shape index (κ2) is 5.12. The van der Waals surface area contributed by atoms with Gasteiger partial charge in [-0.3, -0.25) is 4.79 Å². The van der Waals surface area contributed by atoms with Gasteiger partial charge in [0.1, 0.15) is 0 Å². The average Bonchev–Trinajstić information content (AvgIpc) is 2.10. The highest BCUT2D eigenvalue weighted by molar-refractivity contribution is 9.10. The summed E-state index contributed by atoms with van der Waals surface area (Å²) in [4.78, 5) is 11.2. The van der Waals surface area contributed by atoms with Crippen molar-refractivity contribution in [3.05, 3.63) is 28.2 Å². The predicted molar refractivity (Wildman–Crippen MR) is 61.2 cm³/mol. The van der Waals surface area contributed by atoms with Crippen molar-refractivity contribution in [2.24, 2.45) is 5.73 Å². The molecule has 1 rings (SSSR count). The number of anilines is 1. The van der Waals surface area contributed by atoms with Crippen LogP contribution in [0.3, 0.4) is 0 Å². The minimum Gasteiger partial charge on any atom is -0.330 e. The second-order valence-corrected chi connectivity index (χ2v) is 3.92. The maximum Gasteiger partial charge on any atom is 0.225 e. The number of aryl methyl sites for hydroxylation is 1. The van der Waals surface area contributed by atoms with Crippen LogP contribution in [0, 0.1) is 6.92 Å². The molecule has 0 bridgehead atoms. The van der Waals surface area contributed by atoms with Crippen molar-refractivity contribution in [2.45, 2.75) is 13.3 Å². The highest BCUT2D eigenvalue weighted by Crippen LogP contribution is 2.23. The summed E-state index contributed by atoms with van der Waals surface area (Å²) in [5, 5.41) is 2.77. The maximum absolute atomic E-state index is 11.2. The number of amides is 1. The van der Waals surface area contributed by atoms with Gasteiger partial charge in [0, 0.05) is 17.4 Å². The van der Waals surface area contributed by atoms with Crippen molar-refractivity contribution in [1.29, 1.82) is 0 Å². The Hall–Kier alpha value is -0.870. The third-order valence-corrected chi connectivity index (χ3v) is 2.43. The molecule has 0 saturated heterocycles. The van der Waals surface area contributed by atoms with Gasteiger partial charge in [-0.1, -0.05) is 6.07 Å². The van der Waals surface area contributed by atoms with Crippen LogP contribution in [0.25, 0.3) is 0 Å². The summed E-state index contributed by atoms with van der Waals surface area (Å²) >= 11 is 3.38. The summed E-state index contributed by atoms with van der Waals surface area (Å²) in [6, 6.07) is 5.77. The van der Waals surface area contributed by atoms with Crippen LogP contribution >= 0.6 is 15.9 Å². The Bertz CT molecular complexity index is 339. The number of carbonyl (C=O) groups excluding carboxylic acids is 1. The summed E-state index contributed by atoms with van der Waals surface area (Å²) in [6.07, 6.45) is 0.348. The molecule has 0 heterocycles. The Morgan fingerprint density at radius 2 is 2.29 bits per heavy atom.